The minimum atomic E-state index is -5.43. The Hall–Kier alpha value is -4.19. The molecule has 9 nitrogen and oxygen atoms in total. The van der Waals surface area contributed by atoms with Gasteiger partial charge in [0.05, 0.1) is 10.5 Å². The number of benzene rings is 2. The van der Waals surface area contributed by atoms with E-state index in [0.29, 0.717) is 0 Å². The van der Waals surface area contributed by atoms with E-state index in [1.54, 1.807) is 6.92 Å². The zero-order chi connectivity index (χ0) is 25.5. The van der Waals surface area contributed by atoms with E-state index < -0.39 is 40.6 Å². The smallest absolute Gasteiger partial charge is 0.437 e. The number of halogens is 3. The van der Waals surface area contributed by atoms with Crippen LogP contribution in [0.4, 0.5) is 23.7 Å². The number of carbonyl (C=O) groups is 2. The molecule has 2 aromatic carbocycles. The van der Waals surface area contributed by atoms with E-state index in [2.05, 4.69) is 5.32 Å². The van der Waals surface area contributed by atoms with Crippen LogP contribution in [0.2, 0.25) is 0 Å². The fourth-order valence-corrected chi connectivity index (χ4v) is 3.98. The van der Waals surface area contributed by atoms with Crippen molar-refractivity contribution in [2.45, 2.75) is 24.9 Å². The van der Waals surface area contributed by atoms with Crippen LogP contribution in [0.25, 0.3) is 11.3 Å². The number of para-hydroxylation sites is 1. The van der Waals surface area contributed by atoms with Crippen molar-refractivity contribution < 1.29 is 37.2 Å². The predicted molar refractivity (Wildman–Crippen MR) is 115 cm³/mol. The van der Waals surface area contributed by atoms with Gasteiger partial charge in [-0.05, 0) is 25.1 Å². The molecule has 1 aliphatic heterocycles. The Morgan fingerprint density at radius 2 is 1.77 bits per heavy atom. The lowest BCUT2D eigenvalue weighted by Gasteiger charge is -2.44. The highest BCUT2D eigenvalue weighted by molar-refractivity contribution is 6.00. The predicted octanol–water partition coefficient (Wildman–Crippen LogP) is 4.27. The lowest BCUT2D eigenvalue weighted by molar-refractivity contribution is -0.384. The van der Waals surface area contributed by atoms with Gasteiger partial charge in [-0.25, -0.2) is 4.79 Å². The lowest BCUT2D eigenvalue weighted by atomic mass is 9.79. The minimum Gasteiger partial charge on any atom is -0.459 e. The number of aryl methyl sites for hydroxylation is 1. The number of rotatable bonds is 5. The number of ketones is 1. The number of urea groups is 1. The van der Waals surface area contributed by atoms with E-state index in [0.717, 1.165) is 5.56 Å². The Kier molecular flexibility index (Phi) is 5.85. The summed E-state index contributed by atoms with van der Waals surface area (Å²) < 4.78 is 47.7. The van der Waals surface area contributed by atoms with Crippen LogP contribution in [0.3, 0.4) is 0 Å². The number of nitrogens with one attached hydrogen (secondary N) is 2. The number of carbonyl (C=O) groups excluding carboxylic acids is 2. The van der Waals surface area contributed by atoms with Crippen molar-refractivity contribution in [2.24, 2.45) is 5.92 Å². The Morgan fingerprint density at radius 1 is 1.11 bits per heavy atom. The summed E-state index contributed by atoms with van der Waals surface area (Å²) in [4.78, 5) is 36.2. The Balaban J connectivity index is 1.83. The maximum absolute atomic E-state index is 14.0. The molecular weight excluding hydrogens is 471 g/mol. The second-order valence-corrected chi connectivity index (χ2v) is 8.02. The molecule has 0 saturated carbocycles. The first-order chi connectivity index (χ1) is 16.4. The standard InChI is InChI=1S/C23H18F3N3O6/c1-12-6-8-13(9-7-12)20(30)18-19(27-21(31)28-22(18,32)23(24,25)26)17-11-10-16(35-17)14-4-2-3-5-15(14)29(33)34/h2-11,18-19,32H,1H3,(H2,27,28,31)/t18-,19+,22+/m0/s1. The molecule has 2 amide bonds. The molecule has 35 heavy (non-hydrogen) atoms. The number of Topliss-reactive ketones (excluding diaryl/α,β-unsaturated/α-hetero) is 1. The molecule has 3 aromatic rings. The fraction of sp³-hybridized carbons (Fsp3) is 0.217. The number of amides is 2. The van der Waals surface area contributed by atoms with Crippen LogP contribution in [0.5, 0.6) is 0 Å². The van der Waals surface area contributed by atoms with Crippen LogP contribution in [-0.2, 0) is 0 Å². The van der Waals surface area contributed by atoms with Crippen molar-refractivity contribution in [2.75, 3.05) is 0 Å². The van der Waals surface area contributed by atoms with Crippen LogP contribution in [0.1, 0.15) is 27.7 Å². The van der Waals surface area contributed by atoms with Gasteiger partial charge in [-0.1, -0.05) is 42.0 Å². The Morgan fingerprint density at radius 3 is 2.40 bits per heavy atom. The van der Waals surface area contributed by atoms with Crippen molar-refractivity contribution in [3.63, 3.8) is 0 Å². The zero-order valence-corrected chi connectivity index (χ0v) is 18.0. The fourth-order valence-electron chi connectivity index (χ4n) is 3.98. The van der Waals surface area contributed by atoms with Gasteiger partial charge in [0.1, 0.15) is 23.5 Å². The van der Waals surface area contributed by atoms with E-state index in [-0.39, 0.29) is 28.3 Å². The third-order valence-corrected chi connectivity index (χ3v) is 5.72. The molecule has 1 aliphatic rings. The summed E-state index contributed by atoms with van der Waals surface area (Å²) in [5.74, 6) is -3.77. The van der Waals surface area contributed by atoms with Crippen LogP contribution in [0.15, 0.2) is 65.1 Å². The second kappa shape index (κ2) is 8.55. The summed E-state index contributed by atoms with van der Waals surface area (Å²) in [5, 5.41) is 25.7. The van der Waals surface area contributed by atoms with E-state index in [4.69, 9.17) is 4.42 Å². The summed E-state index contributed by atoms with van der Waals surface area (Å²) in [6.45, 7) is 1.72. The number of furan rings is 1. The summed E-state index contributed by atoms with van der Waals surface area (Å²) in [7, 11) is 0. The molecule has 0 unspecified atom stereocenters. The average molecular weight is 489 g/mol. The highest BCUT2D eigenvalue weighted by Crippen LogP contribution is 2.45. The van der Waals surface area contributed by atoms with Gasteiger partial charge in [-0.3, -0.25) is 14.9 Å². The van der Waals surface area contributed by atoms with Crippen LogP contribution >= 0.6 is 0 Å². The van der Waals surface area contributed by atoms with E-state index >= 15 is 0 Å². The van der Waals surface area contributed by atoms with Crippen molar-refractivity contribution in [3.8, 4) is 11.3 Å². The van der Waals surface area contributed by atoms with E-state index in [1.165, 1.54) is 66.0 Å². The quantitative estimate of drug-likeness (QED) is 0.278. The monoisotopic (exact) mass is 489 g/mol. The van der Waals surface area contributed by atoms with Gasteiger partial charge in [0.2, 0.25) is 5.72 Å². The molecule has 4 rings (SSSR count). The second-order valence-electron chi connectivity index (χ2n) is 8.02. The average Bonchev–Trinajstić information content (AvgIpc) is 3.28. The Bertz CT molecular complexity index is 1300. The van der Waals surface area contributed by atoms with Crippen molar-refractivity contribution >= 4 is 17.5 Å². The molecule has 1 aromatic heterocycles. The van der Waals surface area contributed by atoms with Crippen molar-refractivity contribution in [3.05, 3.63) is 87.7 Å². The molecule has 0 aliphatic carbocycles. The summed E-state index contributed by atoms with van der Waals surface area (Å²) in [6, 6.07) is 10.5. The number of nitrogens with zero attached hydrogens (tertiary/aromatic N) is 1. The maximum Gasteiger partial charge on any atom is 0.437 e. The summed E-state index contributed by atoms with van der Waals surface area (Å²) >= 11 is 0. The molecule has 182 valence electrons. The first-order valence-electron chi connectivity index (χ1n) is 10.2. The molecule has 2 heterocycles. The third kappa shape index (κ3) is 4.23. The molecule has 0 spiro atoms. The van der Waals surface area contributed by atoms with E-state index in [1.807, 2.05) is 0 Å². The largest absolute Gasteiger partial charge is 0.459 e. The normalized spacial score (nSPS) is 22.3. The number of hydrogen-bond donors (Lipinski definition) is 3. The molecule has 12 heteroatoms. The Labute approximate surface area is 195 Å². The molecule has 1 fully saturated rings. The molecule has 0 radical (unpaired) electrons. The SMILES string of the molecule is Cc1ccc(C(=O)[C@@H]2[C@@H](c3ccc(-c4ccccc4[N+](=O)[O-])o3)NC(=O)N[C@]2(O)C(F)(F)F)cc1. The summed E-state index contributed by atoms with van der Waals surface area (Å²) in [5.41, 5.74) is -3.58. The molecule has 3 atom stereocenters. The minimum absolute atomic E-state index is 0.0384. The van der Waals surface area contributed by atoms with Gasteiger partial charge in [0.25, 0.3) is 5.69 Å². The maximum atomic E-state index is 14.0. The number of nitro groups is 1. The van der Waals surface area contributed by atoms with Gasteiger partial charge < -0.3 is 20.2 Å². The third-order valence-electron chi connectivity index (χ3n) is 5.72. The van der Waals surface area contributed by atoms with Gasteiger partial charge >= 0.3 is 12.2 Å². The molecule has 0 bridgehead atoms. The van der Waals surface area contributed by atoms with Gasteiger partial charge in [-0.15, -0.1) is 0 Å². The molecule has 3 N–H and O–H groups in total. The number of nitro benzene ring substituents is 1. The highest BCUT2D eigenvalue weighted by Gasteiger charge is 2.66. The van der Waals surface area contributed by atoms with Gasteiger partial charge in [0, 0.05) is 11.6 Å². The number of aliphatic hydroxyl groups is 1. The topological polar surface area (TPSA) is 135 Å². The highest BCUT2D eigenvalue weighted by atomic mass is 19.4. The van der Waals surface area contributed by atoms with Crippen LogP contribution in [0, 0.1) is 23.0 Å². The van der Waals surface area contributed by atoms with Gasteiger partial charge in [-0.2, -0.15) is 13.2 Å². The molecule has 1 saturated heterocycles. The number of hydrogen-bond acceptors (Lipinski definition) is 6. The van der Waals surface area contributed by atoms with Gasteiger partial charge in [0.15, 0.2) is 5.78 Å². The molecular formula is C23H18F3N3O6. The summed E-state index contributed by atoms with van der Waals surface area (Å²) in [6.07, 6.45) is -5.43. The number of alkyl halides is 3. The first-order valence-corrected chi connectivity index (χ1v) is 10.2. The van der Waals surface area contributed by atoms with Crippen LogP contribution in [-0.4, -0.2) is 33.7 Å². The van der Waals surface area contributed by atoms with E-state index in [9.17, 15) is 38.0 Å². The first kappa shape index (κ1) is 24.0. The van der Waals surface area contributed by atoms with Crippen LogP contribution < -0.4 is 10.6 Å². The zero-order valence-electron chi connectivity index (χ0n) is 18.0. The van der Waals surface area contributed by atoms with Crippen molar-refractivity contribution in [1.82, 2.24) is 10.6 Å². The van der Waals surface area contributed by atoms with Crippen molar-refractivity contribution in [1.29, 1.82) is 0 Å². The lowest BCUT2D eigenvalue weighted by Crippen LogP contribution is -2.72.